The molecule has 1 unspecified atom stereocenters. The zero-order valence-electron chi connectivity index (χ0n) is 10.8. The predicted molar refractivity (Wildman–Crippen MR) is 78.6 cm³/mol. The first-order valence-electron chi connectivity index (χ1n) is 6.28. The minimum absolute atomic E-state index is 0.174. The average Bonchev–Trinajstić information content (AvgIpc) is 2.39. The van der Waals surface area contributed by atoms with E-state index in [0.717, 1.165) is 12.1 Å². The first-order valence-corrected chi connectivity index (χ1v) is 6.28. The topological polar surface area (TPSA) is 38.0 Å². The second-order valence-electron chi connectivity index (χ2n) is 4.69. The van der Waals surface area contributed by atoms with E-state index >= 15 is 0 Å². The quantitative estimate of drug-likeness (QED) is 0.788. The first kappa shape index (κ1) is 12.8. The van der Waals surface area contributed by atoms with Gasteiger partial charge in [0.15, 0.2) is 0 Å². The van der Waals surface area contributed by atoms with Gasteiger partial charge in [0.05, 0.1) is 0 Å². The standard InChI is InChI=1S/C16H20N2/c1-12(2)11-18-16(10-17)15-9-5-7-13-6-3-4-8-14(13)15/h3-9,16,18H,1,10-11,17H2,2H3. The average molecular weight is 240 g/mol. The van der Waals surface area contributed by atoms with Gasteiger partial charge in [-0.05, 0) is 23.3 Å². The van der Waals surface area contributed by atoms with Gasteiger partial charge in [0.25, 0.3) is 0 Å². The van der Waals surface area contributed by atoms with Crippen LogP contribution in [0, 0.1) is 0 Å². The number of hydrogen-bond acceptors (Lipinski definition) is 2. The third-order valence-electron chi connectivity index (χ3n) is 3.08. The van der Waals surface area contributed by atoms with Crippen LogP contribution in [0.15, 0.2) is 54.6 Å². The maximum Gasteiger partial charge on any atom is 0.0453 e. The molecule has 0 aliphatic carbocycles. The zero-order valence-corrected chi connectivity index (χ0v) is 10.8. The molecule has 2 aromatic carbocycles. The van der Waals surface area contributed by atoms with Gasteiger partial charge in [0.2, 0.25) is 0 Å². The van der Waals surface area contributed by atoms with Crippen LogP contribution < -0.4 is 11.1 Å². The molecular weight excluding hydrogens is 220 g/mol. The summed E-state index contributed by atoms with van der Waals surface area (Å²) in [7, 11) is 0. The van der Waals surface area contributed by atoms with Crippen molar-refractivity contribution in [1.82, 2.24) is 5.32 Å². The fraction of sp³-hybridized carbons (Fsp3) is 0.250. The van der Waals surface area contributed by atoms with Gasteiger partial charge in [-0.2, -0.15) is 0 Å². The van der Waals surface area contributed by atoms with Crippen LogP contribution in [0.2, 0.25) is 0 Å². The smallest absolute Gasteiger partial charge is 0.0453 e. The van der Waals surface area contributed by atoms with Crippen molar-refractivity contribution in [2.45, 2.75) is 13.0 Å². The summed E-state index contributed by atoms with van der Waals surface area (Å²) in [5.74, 6) is 0. The second-order valence-corrected chi connectivity index (χ2v) is 4.69. The van der Waals surface area contributed by atoms with Crippen LogP contribution in [0.4, 0.5) is 0 Å². The van der Waals surface area contributed by atoms with Crippen LogP contribution in [0.5, 0.6) is 0 Å². The third-order valence-corrected chi connectivity index (χ3v) is 3.08. The summed E-state index contributed by atoms with van der Waals surface area (Å²) in [6, 6.07) is 14.9. The number of nitrogens with two attached hydrogens (primary N) is 1. The van der Waals surface area contributed by atoms with Gasteiger partial charge in [-0.25, -0.2) is 0 Å². The number of hydrogen-bond donors (Lipinski definition) is 2. The first-order chi connectivity index (χ1) is 8.72. The van der Waals surface area contributed by atoms with E-state index in [4.69, 9.17) is 5.73 Å². The van der Waals surface area contributed by atoms with E-state index < -0.39 is 0 Å². The Morgan fingerprint density at radius 2 is 1.94 bits per heavy atom. The van der Waals surface area contributed by atoms with Crippen molar-refractivity contribution in [2.24, 2.45) is 5.73 Å². The Balaban J connectivity index is 2.35. The number of nitrogens with one attached hydrogen (secondary N) is 1. The van der Waals surface area contributed by atoms with Crippen LogP contribution >= 0.6 is 0 Å². The van der Waals surface area contributed by atoms with Crippen LogP contribution in [0.1, 0.15) is 18.5 Å². The highest BCUT2D eigenvalue weighted by atomic mass is 14.9. The van der Waals surface area contributed by atoms with E-state index in [2.05, 4.69) is 54.4 Å². The van der Waals surface area contributed by atoms with Gasteiger partial charge < -0.3 is 11.1 Å². The van der Waals surface area contributed by atoms with Crippen molar-refractivity contribution in [1.29, 1.82) is 0 Å². The molecule has 0 heterocycles. The minimum atomic E-state index is 0.174. The monoisotopic (exact) mass is 240 g/mol. The normalized spacial score (nSPS) is 12.6. The number of fused-ring (bicyclic) bond motifs is 1. The molecule has 0 radical (unpaired) electrons. The van der Waals surface area contributed by atoms with Crippen molar-refractivity contribution in [3.63, 3.8) is 0 Å². The maximum atomic E-state index is 5.89. The summed E-state index contributed by atoms with van der Waals surface area (Å²) in [5, 5.41) is 5.98. The highest BCUT2D eigenvalue weighted by Gasteiger charge is 2.11. The largest absolute Gasteiger partial charge is 0.329 e. The lowest BCUT2D eigenvalue weighted by atomic mass is 9.98. The van der Waals surface area contributed by atoms with E-state index in [0.29, 0.717) is 6.54 Å². The molecule has 0 saturated heterocycles. The Bertz CT molecular complexity index is 540. The molecule has 0 aliphatic heterocycles. The highest BCUT2D eigenvalue weighted by molar-refractivity contribution is 5.86. The molecule has 2 nitrogen and oxygen atoms in total. The Morgan fingerprint density at radius 1 is 1.22 bits per heavy atom. The Labute approximate surface area is 109 Å². The zero-order chi connectivity index (χ0) is 13.0. The van der Waals surface area contributed by atoms with Gasteiger partial charge in [-0.1, -0.05) is 54.6 Å². The van der Waals surface area contributed by atoms with Crippen LogP contribution in [0.25, 0.3) is 10.8 Å². The summed E-state index contributed by atoms with van der Waals surface area (Å²) >= 11 is 0. The third kappa shape index (κ3) is 2.78. The molecule has 0 amide bonds. The molecule has 0 saturated carbocycles. The molecule has 0 bridgehead atoms. The molecule has 2 rings (SSSR count). The molecular formula is C16H20N2. The lowest BCUT2D eigenvalue weighted by Gasteiger charge is -2.19. The lowest BCUT2D eigenvalue weighted by molar-refractivity contribution is 0.573. The summed E-state index contributed by atoms with van der Waals surface area (Å²) in [5.41, 5.74) is 8.27. The van der Waals surface area contributed by atoms with Crippen molar-refractivity contribution in [3.8, 4) is 0 Å². The fourth-order valence-corrected chi connectivity index (χ4v) is 2.17. The van der Waals surface area contributed by atoms with Gasteiger partial charge in [0.1, 0.15) is 0 Å². The molecule has 0 spiro atoms. The van der Waals surface area contributed by atoms with Gasteiger partial charge in [-0.15, -0.1) is 0 Å². The Hall–Kier alpha value is -1.64. The summed E-state index contributed by atoms with van der Waals surface area (Å²) in [4.78, 5) is 0. The number of rotatable bonds is 5. The van der Waals surface area contributed by atoms with E-state index in [9.17, 15) is 0 Å². The summed E-state index contributed by atoms with van der Waals surface area (Å²) < 4.78 is 0. The molecule has 3 N–H and O–H groups in total. The van der Waals surface area contributed by atoms with Crippen LogP contribution in [0.3, 0.4) is 0 Å². The minimum Gasteiger partial charge on any atom is -0.329 e. The molecule has 0 fully saturated rings. The molecule has 0 aliphatic rings. The SMILES string of the molecule is C=C(C)CNC(CN)c1cccc2ccccc12. The Kier molecular flexibility index (Phi) is 4.13. The van der Waals surface area contributed by atoms with Crippen molar-refractivity contribution in [2.75, 3.05) is 13.1 Å². The van der Waals surface area contributed by atoms with Crippen molar-refractivity contribution < 1.29 is 0 Å². The van der Waals surface area contributed by atoms with Crippen LogP contribution in [-0.2, 0) is 0 Å². The predicted octanol–water partition coefficient (Wildman–Crippen LogP) is 3.01. The highest BCUT2D eigenvalue weighted by Crippen LogP contribution is 2.23. The van der Waals surface area contributed by atoms with Gasteiger partial charge in [0, 0.05) is 19.1 Å². The fourth-order valence-electron chi connectivity index (χ4n) is 2.17. The van der Waals surface area contributed by atoms with Crippen LogP contribution in [-0.4, -0.2) is 13.1 Å². The molecule has 94 valence electrons. The molecule has 2 aromatic rings. The Morgan fingerprint density at radius 3 is 2.67 bits per heavy atom. The molecule has 18 heavy (non-hydrogen) atoms. The summed E-state index contributed by atoms with van der Waals surface area (Å²) in [6.07, 6.45) is 0. The molecule has 0 aromatic heterocycles. The number of benzene rings is 2. The van der Waals surface area contributed by atoms with Crippen molar-refractivity contribution >= 4 is 10.8 Å². The van der Waals surface area contributed by atoms with E-state index in [-0.39, 0.29) is 6.04 Å². The van der Waals surface area contributed by atoms with Gasteiger partial charge >= 0.3 is 0 Å². The molecule has 1 atom stereocenters. The summed E-state index contributed by atoms with van der Waals surface area (Å²) in [6.45, 7) is 7.31. The lowest BCUT2D eigenvalue weighted by Crippen LogP contribution is -2.29. The van der Waals surface area contributed by atoms with Crippen molar-refractivity contribution in [3.05, 3.63) is 60.2 Å². The van der Waals surface area contributed by atoms with E-state index in [1.807, 2.05) is 6.92 Å². The second kappa shape index (κ2) is 5.80. The van der Waals surface area contributed by atoms with Gasteiger partial charge in [-0.3, -0.25) is 0 Å². The van der Waals surface area contributed by atoms with E-state index in [1.54, 1.807) is 0 Å². The molecule has 2 heteroatoms. The van der Waals surface area contributed by atoms with E-state index in [1.165, 1.54) is 16.3 Å². The maximum absolute atomic E-state index is 5.89.